The molecule has 1 fully saturated rings. The highest BCUT2D eigenvalue weighted by molar-refractivity contribution is 7.99. The highest BCUT2D eigenvalue weighted by Gasteiger charge is 2.27. The molecule has 0 aliphatic carbocycles. The summed E-state index contributed by atoms with van der Waals surface area (Å²) in [4.78, 5) is 6.63. The third-order valence-corrected chi connectivity index (χ3v) is 6.33. The van der Waals surface area contributed by atoms with Gasteiger partial charge in [-0.25, -0.2) is 13.4 Å². The van der Waals surface area contributed by atoms with E-state index >= 15 is 0 Å². The Morgan fingerprint density at radius 2 is 2.00 bits per heavy atom. The molecule has 2 heterocycles. The van der Waals surface area contributed by atoms with Crippen molar-refractivity contribution in [2.45, 2.75) is 16.8 Å². The quantitative estimate of drug-likeness (QED) is 0.608. The van der Waals surface area contributed by atoms with Crippen molar-refractivity contribution in [3.63, 3.8) is 0 Å². The zero-order chi connectivity index (χ0) is 15.5. The van der Waals surface area contributed by atoms with Gasteiger partial charge in [0, 0.05) is 38.1 Å². The summed E-state index contributed by atoms with van der Waals surface area (Å²) in [5.74, 6) is 0.789. The van der Waals surface area contributed by atoms with Gasteiger partial charge in [0.1, 0.15) is 4.90 Å². The van der Waals surface area contributed by atoms with Crippen molar-refractivity contribution in [3.8, 4) is 0 Å². The van der Waals surface area contributed by atoms with Crippen LogP contribution in [0.25, 0.3) is 0 Å². The number of aromatic nitrogens is 1. The first-order valence-corrected chi connectivity index (χ1v) is 9.24. The number of thioether (sulfide) groups is 1. The lowest BCUT2D eigenvalue weighted by Gasteiger charge is -2.31. The fourth-order valence-electron chi connectivity index (χ4n) is 1.98. The van der Waals surface area contributed by atoms with E-state index in [0.29, 0.717) is 13.1 Å². The van der Waals surface area contributed by atoms with E-state index in [0.717, 1.165) is 29.4 Å². The Morgan fingerprint density at radius 3 is 2.52 bits per heavy atom. The molecule has 0 bridgehead atoms. The van der Waals surface area contributed by atoms with Gasteiger partial charge in [-0.3, -0.25) is 0 Å². The maximum atomic E-state index is 12.5. The van der Waals surface area contributed by atoms with Crippen LogP contribution in [-0.2, 0) is 10.0 Å². The van der Waals surface area contributed by atoms with Gasteiger partial charge >= 0.3 is 0 Å². The van der Waals surface area contributed by atoms with E-state index in [9.17, 15) is 8.42 Å². The number of likely N-dealkylation sites (N-methyl/N-ethyl adjacent to an activating group) is 1. The Bertz CT molecular complexity index is 591. The third-order valence-electron chi connectivity index (χ3n) is 3.28. The lowest BCUT2D eigenvalue weighted by Crippen LogP contribution is -2.47. The first-order chi connectivity index (χ1) is 9.89. The Morgan fingerprint density at radius 1 is 1.33 bits per heavy atom. The van der Waals surface area contributed by atoms with Crippen LogP contribution in [0, 0.1) is 0 Å². The van der Waals surface area contributed by atoms with Crippen LogP contribution in [0.5, 0.6) is 0 Å². The minimum absolute atomic E-state index is 0.270. The molecule has 1 aromatic rings. The minimum atomic E-state index is -3.42. The average molecular weight is 327 g/mol. The molecule has 1 aliphatic rings. The molecule has 0 aromatic carbocycles. The fourth-order valence-corrected chi connectivity index (χ4v) is 4.03. The van der Waals surface area contributed by atoms with Crippen LogP contribution in [0.3, 0.4) is 0 Å². The molecule has 1 aliphatic heterocycles. The van der Waals surface area contributed by atoms with Crippen molar-refractivity contribution in [1.29, 1.82) is 0 Å². The number of hydrogen-bond acceptors (Lipinski definition) is 5. The van der Waals surface area contributed by atoms with Crippen molar-refractivity contribution in [3.05, 3.63) is 30.5 Å². The number of pyridine rings is 1. The van der Waals surface area contributed by atoms with Gasteiger partial charge in [0.25, 0.3) is 0 Å². The first kappa shape index (κ1) is 16.5. The molecule has 0 unspecified atom stereocenters. The molecular formula is C14H21N3O2S2. The second kappa shape index (κ2) is 6.91. The molecule has 21 heavy (non-hydrogen) atoms. The van der Waals surface area contributed by atoms with Gasteiger partial charge in [-0.1, -0.05) is 12.2 Å². The maximum Gasteiger partial charge on any atom is 0.244 e. The van der Waals surface area contributed by atoms with Crippen LogP contribution < -0.4 is 0 Å². The Balaban J connectivity index is 2.08. The summed E-state index contributed by atoms with van der Waals surface area (Å²) in [6, 6.07) is 3.40. The zero-order valence-electron chi connectivity index (χ0n) is 12.4. The lowest BCUT2D eigenvalue weighted by molar-refractivity contribution is 0.222. The largest absolute Gasteiger partial charge is 0.304 e. The fraction of sp³-hybridized carbons (Fsp3) is 0.500. The van der Waals surface area contributed by atoms with Gasteiger partial charge in [0.05, 0.1) is 5.03 Å². The molecule has 0 amide bonds. The smallest absolute Gasteiger partial charge is 0.244 e. The molecule has 1 saturated heterocycles. The molecule has 1 aromatic heterocycles. The van der Waals surface area contributed by atoms with E-state index in [2.05, 4.69) is 16.5 Å². The van der Waals surface area contributed by atoms with Crippen LogP contribution in [0.15, 0.2) is 40.4 Å². The van der Waals surface area contributed by atoms with Crippen molar-refractivity contribution in [2.24, 2.45) is 0 Å². The third kappa shape index (κ3) is 4.29. The molecule has 0 N–H and O–H groups in total. The van der Waals surface area contributed by atoms with Gasteiger partial charge < -0.3 is 4.90 Å². The van der Waals surface area contributed by atoms with Gasteiger partial charge in [-0.2, -0.15) is 4.31 Å². The van der Waals surface area contributed by atoms with Crippen molar-refractivity contribution in [2.75, 3.05) is 39.0 Å². The maximum absolute atomic E-state index is 12.5. The summed E-state index contributed by atoms with van der Waals surface area (Å²) in [6.45, 7) is 8.39. The average Bonchev–Trinajstić information content (AvgIpc) is 2.46. The summed E-state index contributed by atoms with van der Waals surface area (Å²) in [7, 11) is -1.42. The predicted octanol–water partition coefficient (Wildman–Crippen LogP) is 1.69. The van der Waals surface area contributed by atoms with Gasteiger partial charge in [0.15, 0.2) is 0 Å². The summed E-state index contributed by atoms with van der Waals surface area (Å²) < 4.78 is 26.6. The Labute approximate surface area is 131 Å². The van der Waals surface area contributed by atoms with E-state index in [-0.39, 0.29) is 4.90 Å². The predicted molar refractivity (Wildman–Crippen MR) is 86.0 cm³/mol. The number of hydrogen-bond donors (Lipinski definition) is 0. The summed E-state index contributed by atoms with van der Waals surface area (Å²) >= 11 is 1.56. The van der Waals surface area contributed by atoms with Gasteiger partial charge in [0.2, 0.25) is 10.0 Å². The monoisotopic (exact) mass is 327 g/mol. The summed E-state index contributed by atoms with van der Waals surface area (Å²) in [5, 5.41) is 0.815. The van der Waals surface area contributed by atoms with E-state index in [4.69, 9.17) is 0 Å². The van der Waals surface area contributed by atoms with Crippen molar-refractivity contribution in [1.82, 2.24) is 14.2 Å². The van der Waals surface area contributed by atoms with Crippen LogP contribution in [0.2, 0.25) is 0 Å². The van der Waals surface area contributed by atoms with Crippen molar-refractivity contribution >= 4 is 21.8 Å². The summed E-state index contributed by atoms with van der Waals surface area (Å²) in [5.41, 5.74) is 1.07. The second-order valence-corrected chi connectivity index (χ2v) is 8.22. The SMILES string of the molecule is C=C(C)CSc1ccc(S(=O)(=O)N2CCN(C)CC2)cn1. The minimum Gasteiger partial charge on any atom is -0.304 e. The second-order valence-electron chi connectivity index (χ2n) is 5.29. The van der Waals surface area contributed by atoms with Crippen molar-refractivity contribution < 1.29 is 8.42 Å². The standard InChI is InChI=1S/C14H21N3O2S2/c1-12(2)11-20-14-5-4-13(10-15-14)21(18,19)17-8-6-16(3)7-9-17/h4-5,10H,1,6-9,11H2,2-3H3. The zero-order valence-corrected chi connectivity index (χ0v) is 14.1. The normalized spacial score (nSPS) is 17.8. The van der Waals surface area contributed by atoms with Crippen LogP contribution in [0.4, 0.5) is 0 Å². The highest BCUT2D eigenvalue weighted by atomic mass is 32.2. The molecule has 116 valence electrons. The molecule has 0 radical (unpaired) electrons. The molecule has 0 saturated carbocycles. The first-order valence-electron chi connectivity index (χ1n) is 6.81. The van der Waals surface area contributed by atoms with Gasteiger partial charge in [-0.05, 0) is 26.1 Å². The number of nitrogens with zero attached hydrogens (tertiary/aromatic N) is 3. The van der Waals surface area contributed by atoms with Crippen LogP contribution in [-0.4, -0.2) is 61.6 Å². The Kier molecular flexibility index (Phi) is 5.43. The molecule has 0 atom stereocenters. The van der Waals surface area contributed by atoms with Gasteiger partial charge in [-0.15, -0.1) is 11.8 Å². The molecule has 0 spiro atoms. The lowest BCUT2D eigenvalue weighted by atomic mass is 10.4. The van der Waals surface area contributed by atoms with Crippen LogP contribution >= 0.6 is 11.8 Å². The number of sulfonamides is 1. The molecule has 5 nitrogen and oxygen atoms in total. The highest BCUT2D eigenvalue weighted by Crippen LogP contribution is 2.21. The van der Waals surface area contributed by atoms with E-state index < -0.39 is 10.0 Å². The molecular weight excluding hydrogens is 306 g/mol. The summed E-state index contributed by atoms with van der Waals surface area (Å²) in [6.07, 6.45) is 1.45. The molecule has 2 rings (SSSR count). The Hall–Kier alpha value is -0.890. The topological polar surface area (TPSA) is 53.5 Å². The van der Waals surface area contributed by atoms with Crippen LogP contribution in [0.1, 0.15) is 6.92 Å². The van der Waals surface area contributed by atoms with E-state index in [1.807, 2.05) is 14.0 Å². The number of piperazine rings is 1. The van der Waals surface area contributed by atoms with E-state index in [1.54, 1.807) is 23.9 Å². The molecule has 7 heteroatoms. The van der Waals surface area contributed by atoms with E-state index in [1.165, 1.54) is 10.5 Å². The number of rotatable bonds is 5.